The lowest BCUT2D eigenvalue weighted by Gasteiger charge is -2.15. The summed E-state index contributed by atoms with van der Waals surface area (Å²) in [7, 11) is 1.84. The first-order valence-corrected chi connectivity index (χ1v) is 6.24. The molecule has 106 valence electrons. The Hall–Kier alpha value is -2.21. The van der Waals surface area contributed by atoms with Gasteiger partial charge < -0.3 is 5.73 Å². The first-order valence-electron chi connectivity index (χ1n) is 6.24. The van der Waals surface area contributed by atoms with Gasteiger partial charge in [-0.05, 0) is 30.2 Å². The van der Waals surface area contributed by atoms with Crippen molar-refractivity contribution in [3.63, 3.8) is 0 Å². The van der Waals surface area contributed by atoms with Crippen LogP contribution in [0.3, 0.4) is 0 Å². The molecule has 1 atom stereocenters. The molecule has 1 aromatic heterocycles. The molecule has 0 saturated carbocycles. The van der Waals surface area contributed by atoms with Crippen LogP contribution in [-0.4, -0.2) is 15.7 Å². The summed E-state index contributed by atoms with van der Waals surface area (Å²) < 4.78 is 14.6. The van der Waals surface area contributed by atoms with Crippen LogP contribution in [0, 0.1) is 12.7 Å². The second kappa shape index (κ2) is 5.83. The largest absolute Gasteiger partial charge is 0.368 e. The number of aryl methyl sites for hydroxylation is 2. The molecule has 2 aromatic rings. The van der Waals surface area contributed by atoms with Gasteiger partial charge in [0.2, 0.25) is 5.91 Å². The zero-order valence-corrected chi connectivity index (χ0v) is 11.4. The topological polar surface area (TPSA) is 72.9 Å². The van der Waals surface area contributed by atoms with E-state index in [2.05, 4.69) is 10.4 Å². The number of hydrogen-bond donors (Lipinski definition) is 2. The molecule has 0 bridgehead atoms. The van der Waals surface area contributed by atoms with Crippen molar-refractivity contribution < 1.29 is 9.18 Å². The van der Waals surface area contributed by atoms with Crippen molar-refractivity contribution in [2.24, 2.45) is 12.8 Å². The van der Waals surface area contributed by atoms with E-state index in [0.29, 0.717) is 12.1 Å². The number of hydrogen-bond acceptors (Lipinski definition) is 3. The Balaban J connectivity index is 2.12. The number of primary amides is 1. The molecule has 1 aromatic carbocycles. The number of halogens is 1. The highest BCUT2D eigenvalue weighted by atomic mass is 19.1. The molecule has 1 amide bonds. The number of carbonyl (C=O) groups is 1. The molecule has 6 heteroatoms. The highest BCUT2D eigenvalue weighted by Crippen LogP contribution is 2.14. The number of nitrogens with two attached hydrogens (primary N) is 1. The minimum atomic E-state index is -0.669. The smallest absolute Gasteiger partial charge is 0.239 e. The third-order valence-electron chi connectivity index (χ3n) is 3.08. The van der Waals surface area contributed by atoms with Gasteiger partial charge in [-0.2, -0.15) is 5.10 Å². The fraction of sp³-hybridized carbons (Fsp3) is 0.286. The van der Waals surface area contributed by atoms with Gasteiger partial charge in [0.05, 0.1) is 5.69 Å². The molecule has 0 saturated heterocycles. The molecule has 1 heterocycles. The van der Waals surface area contributed by atoms with Gasteiger partial charge in [-0.1, -0.05) is 12.1 Å². The van der Waals surface area contributed by atoms with Crippen LogP contribution in [0.2, 0.25) is 0 Å². The Kier molecular flexibility index (Phi) is 4.14. The van der Waals surface area contributed by atoms with E-state index in [1.165, 1.54) is 12.1 Å². The quantitative estimate of drug-likeness (QED) is 0.861. The van der Waals surface area contributed by atoms with Crippen molar-refractivity contribution in [2.45, 2.75) is 19.5 Å². The van der Waals surface area contributed by atoms with Gasteiger partial charge >= 0.3 is 0 Å². The van der Waals surface area contributed by atoms with Crippen LogP contribution in [0.5, 0.6) is 0 Å². The average Bonchev–Trinajstić information content (AvgIpc) is 2.70. The molecule has 5 nitrogen and oxygen atoms in total. The van der Waals surface area contributed by atoms with E-state index in [1.54, 1.807) is 16.8 Å². The van der Waals surface area contributed by atoms with Crippen LogP contribution in [0.15, 0.2) is 30.5 Å². The van der Waals surface area contributed by atoms with Crippen LogP contribution >= 0.6 is 0 Å². The van der Waals surface area contributed by atoms with Crippen molar-refractivity contribution in [3.8, 4) is 0 Å². The molecular weight excluding hydrogens is 259 g/mol. The molecule has 1 unspecified atom stereocenters. The average molecular weight is 276 g/mol. The number of nitrogens with one attached hydrogen (secondary N) is 1. The highest BCUT2D eigenvalue weighted by Gasteiger charge is 2.18. The van der Waals surface area contributed by atoms with E-state index in [4.69, 9.17) is 5.73 Å². The molecular formula is C14H17FN4O. The second-order valence-corrected chi connectivity index (χ2v) is 4.70. The lowest BCUT2D eigenvalue weighted by molar-refractivity contribution is -0.120. The third-order valence-corrected chi connectivity index (χ3v) is 3.08. The van der Waals surface area contributed by atoms with Gasteiger partial charge in [-0.25, -0.2) is 4.39 Å². The van der Waals surface area contributed by atoms with E-state index < -0.39 is 11.9 Å². The Morgan fingerprint density at radius 3 is 2.60 bits per heavy atom. The van der Waals surface area contributed by atoms with Crippen LogP contribution in [0.1, 0.15) is 22.9 Å². The lowest BCUT2D eigenvalue weighted by atomic mass is 10.1. The van der Waals surface area contributed by atoms with E-state index in [9.17, 15) is 9.18 Å². The minimum Gasteiger partial charge on any atom is -0.368 e. The molecule has 3 N–H and O–H groups in total. The predicted octanol–water partition coefficient (Wildman–Crippen LogP) is 1.18. The van der Waals surface area contributed by atoms with E-state index in [1.807, 2.05) is 20.2 Å². The Morgan fingerprint density at radius 2 is 2.10 bits per heavy atom. The Morgan fingerprint density at radius 1 is 1.45 bits per heavy atom. The SMILES string of the molecule is Cc1cn(C)nc1CNC(C(N)=O)c1ccc(F)cc1. The van der Waals surface area contributed by atoms with Crippen molar-refractivity contribution in [1.82, 2.24) is 15.1 Å². The van der Waals surface area contributed by atoms with Gasteiger partial charge in [0.25, 0.3) is 0 Å². The summed E-state index contributed by atoms with van der Waals surface area (Å²) >= 11 is 0. The maximum absolute atomic E-state index is 12.9. The van der Waals surface area contributed by atoms with Crippen LogP contribution in [0.25, 0.3) is 0 Å². The Bertz CT molecular complexity index is 606. The molecule has 2 rings (SSSR count). The summed E-state index contributed by atoms with van der Waals surface area (Å²) in [5, 5.41) is 7.34. The zero-order chi connectivity index (χ0) is 14.7. The molecule has 0 fully saturated rings. The van der Waals surface area contributed by atoms with Crippen molar-refractivity contribution >= 4 is 5.91 Å². The maximum atomic E-state index is 12.9. The number of rotatable bonds is 5. The molecule has 0 aliphatic heterocycles. The van der Waals surface area contributed by atoms with Crippen LogP contribution in [-0.2, 0) is 18.4 Å². The van der Waals surface area contributed by atoms with E-state index in [0.717, 1.165) is 11.3 Å². The first kappa shape index (κ1) is 14.2. The fourth-order valence-electron chi connectivity index (χ4n) is 2.06. The fourth-order valence-corrected chi connectivity index (χ4v) is 2.06. The standard InChI is InChI=1S/C14H17FN4O/c1-9-8-19(2)18-12(9)7-17-13(14(16)20)10-3-5-11(15)6-4-10/h3-6,8,13,17H,7H2,1-2H3,(H2,16,20). The third kappa shape index (κ3) is 3.21. The van der Waals surface area contributed by atoms with Crippen LogP contribution in [0.4, 0.5) is 4.39 Å². The molecule has 0 radical (unpaired) electrons. The van der Waals surface area contributed by atoms with Gasteiger partial charge in [0, 0.05) is 19.8 Å². The number of amides is 1. The summed E-state index contributed by atoms with van der Waals surface area (Å²) in [5.74, 6) is -0.859. The molecule has 0 spiro atoms. The predicted molar refractivity (Wildman–Crippen MR) is 73.1 cm³/mol. The summed E-state index contributed by atoms with van der Waals surface area (Å²) in [6, 6.07) is 5.03. The normalized spacial score (nSPS) is 12.3. The zero-order valence-electron chi connectivity index (χ0n) is 11.4. The molecule has 0 aliphatic carbocycles. The number of carbonyl (C=O) groups excluding carboxylic acids is 1. The highest BCUT2D eigenvalue weighted by molar-refractivity contribution is 5.81. The maximum Gasteiger partial charge on any atom is 0.239 e. The molecule has 0 aliphatic rings. The van der Waals surface area contributed by atoms with Gasteiger partial charge in [-0.15, -0.1) is 0 Å². The molecule has 20 heavy (non-hydrogen) atoms. The monoisotopic (exact) mass is 276 g/mol. The number of benzene rings is 1. The van der Waals surface area contributed by atoms with E-state index in [-0.39, 0.29) is 5.82 Å². The van der Waals surface area contributed by atoms with Crippen molar-refractivity contribution in [2.75, 3.05) is 0 Å². The Labute approximate surface area is 116 Å². The van der Waals surface area contributed by atoms with Gasteiger partial charge in [-0.3, -0.25) is 14.8 Å². The summed E-state index contributed by atoms with van der Waals surface area (Å²) in [5.41, 5.74) is 7.90. The summed E-state index contributed by atoms with van der Waals surface area (Å²) in [6.07, 6.45) is 1.90. The van der Waals surface area contributed by atoms with Crippen molar-refractivity contribution in [1.29, 1.82) is 0 Å². The van der Waals surface area contributed by atoms with Gasteiger partial charge in [0.15, 0.2) is 0 Å². The van der Waals surface area contributed by atoms with Gasteiger partial charge in [0.1, 0.15) is 11.9 Å². The first-order chi connectivity index (χ1) is 9.47. The number of aromatic nitrogens is 2. The lowest BCUT2D eigenvalue weighted by Crippen LogP contribution is -2.33. The minimum absolute atomic E-state index is 0.349. The number of nitrogens with zero attached hydrogens (tertiary/aromatic N) is 2. The summed E-state index contributed by atoms with van der Waals surface area (Å²) in [6.45, 7) is 2.36. The van der Waals surface area contributed by atoms with E-state index >= 15 is 0 Å². The van der Waals surface area contributed by atoms with Crippen molar-refractivity contribution in [3.05, 3.63) is 53.1 Å². The van der Waals surface area contributed by atoms with Crippen LogP contribution < -0.4 is 11.1 Å². The summed E-state index contributed by atoms with van der Waals surface area (Å²) in [4.78, 5) is 11.5. The second-order valence-electron chi connectivity index (χ2n) is 4.70.